The molecule has 3 rings (SSSR count). The molecule has 0 aliphatic rings. The Hall–Kier alpha value is -2.43. The van der Waals surface area contributed by atoms with Crippen LogP contribution in [0.3, 0.4) is 0 Å². The summed E-state index contributed by atoms with van der Waals surface area (Å²) >= 11 is 0. The molecule has 20 heavy (non-hydrogen) atoms. The molecule has 102 valence electrons. The van der Waals surface area contributed by atoms with Crippen LogP contribution in [0.5, 0.6) is 0 Å². The van der Waals surface area contributed by atoms with E-state index in [0.29, 0.717) is 17.8 Å². The minimum absolute atomic E-state index is 0.458. The van der Waals surface area contributed by atoms with Crippen molar-refractivity contribution >= 4 is 16.9 Å². The fourth-order valence-corrected chi connectivity index (χ4v) is 1.92. The first-order valence-corrected chi connectivity index (χ1v) is 6.65. The first kappa shape index (κ1) is 12.6. The summed E-state index contributed by atoms with van der Waals surface area (Å²) in [5, 5.41) is 8.18. The molecule has 0 spiro atoms. The van der Waals surface area contributed by atoms with Gasteiger partial charge in [-0.15, -0.1) is 0 Å². The van der Waals surface area contributed by atoms with E-state index < -0.39 is 0 Å². The second-order valence-corrected chi connectivity index (χ2v) is 5.11. The number of nitrogens with zero attached hydrogens (tertiary/aromatic N) is 3. The van der Waals surface area contributed by atoms with Crippen LogP contribution in [0.1, 0.15) is 13.8 Å². The average Bonchev–Trinajstić information content (AvgIpc) is 2.93. The quantitative estimate of drug-likeness (QED) is 0.786. The van der Waals surface area contributed by atoms with Gasteiger partial charge in [0.05, 0.1) is 5.52 Å². The number of nitrogens with one attached hydrogen (secondary N) is 1. The SMILES string of the molecule is CC(C)CNc1nc(-c2ccc3ncccc3c2)no1. The Morgan fingerprint density at radius 1 is 1.25 bits per heavy atom. The van der Waals surface area contributed by atoms with Gasteiger partial charge in [-0.1, -0.05) is 25.1 Å². The molecule has 0 amide bonds. The first-order valence-electron chi connectivity index (χ1n) is 6.65. The highest BCUT2D eigenvalue weighted by atomic mass is 16.5. The van der Waals surface area contributed by atoms with E-state index in [9.17, 15) is 0 Å². The van der Waals surface area contributed by atoms with Crippen LogP contribution in [0.4, 0.5) is 6.01 Å². The summed E-state index contributed by atoms with van der Waals surface area (Å²) in [5.74, 6) is 1.11. The molecule has 0 saturated heterocycles. The molecule has 0 saturated carbocycles. The molecule has 2 aromatic heterocycles. The summed E-state index contributed by atoms with van der Waals surface area (Å²) in [6, 6.07) is 10.3. The predicted octanol–water partition coefficient (Wildman–Crippen LogP) is 3.35. The monoisotopic (exact) mass is 268 g/mol. The molecular weight excluding hydrogens is 252 g/mol. The van der Waals surface area contributed by atoms with Crippen molar-refractivity contribution in [2.75, 3.05) is 11.9 Å². The molecule has 0 aliphatic heterocycles. The van der Waals surface area contributed by atoms with Crippen LogP contribution in [0.2, 0.25) is 0 Å². The van der Waals surface area contributed by atoms with Crippen LogP contribution >= 0.6 is 0 Å². The maximum Gasteiger partial charge on any atom is 0.321 e. The summed E-state index contributed by atoms with van der Waals surface area (Å²) in [5.41, 5.74) is 1.88. The molecule has 1 N–H and O–H groups in total. The van der Waals surface area contributed by atoms with Crippen molar-refractivity contribution in [1.29, 1.82) is 0 Å². The van der Waals surface area contributed by atoms with Gasteiger partial charge in [-0.3, -0.25) is 4.98 Å². The van der Waals surface area contributed by atoms with Gasteiger partial charge in [0.2, 0.25) is 5.82 Å². The Bertz CT molecular complexity index is 720. The van der Waals surface area contributed by atoms with Crippen molar-refractivity contribution in [2.45, 2.75) is 13.8 Å². The molecular formula is C15H16N4O. The van der Waals surface area contributed by atoms with E-state index in [2.05, 4.69) is 34.3 Å². The normalized spacial score (nSPS) is 11.2. The van der Waals surface area contributed by atoms with Crippen molar-refractivity contribution in [1.82, 2.24) is 15.1 Å². The maximum absolute atomic E-state index is 5.19. The van der Waals surface area contributed by atoms with Gasteiger partial charge in [0, 0.05) is 23.7 Å². The minimum Gasteiger partial charge on any atom is -0.337 e. The summed E-state index contributed by atoms with van der Waals surface area (Å²) in [7, 11) is 0. The molecule has 5 nitrogen and oxygen atoms in total. The lowest BCUT2D eigenvalue weighted by Crippen LogP contribution is -2.07. The van der Waals surface area contributed by atoms with E-state index in [4.69, 9.17) is 4.52 Å². The molecule has 5 heteroatoms. The Morgan fingerprint density at radius 3 is 3.00 bits per heavy atom. The van der Waals surface area contributed by atoms with Gasteiger partial charge in [0.15, 0.2) is 0 Å². The van der Waals surface area contributed by atoms with E-state index in [1.54, 1.807) is 6.20 Å². The van der Waals surface area contributed by atoms with Crippen LogP contribution in [0, 0.1) is 5.92 Å². The number of benzene rings is 1. The topological polar surface area (TPSA) is 63.8 Å². The van der Waals surface area contributed by atoms with Crippen molar-refractivity contribution in [3.63, 3.8) is 0 Å². The maximum atomic E-state index is 5.19. The van der Waals surface area contributed by atoms with Crippen LogP contribution in [0.25, 0.3) is 22.3 Å². The number of fused-ring (bicyclic) bond motifs is 1. The van der Waals surface area contributed by atoms with Gasteiger partial charge in [-0.05, 0) is 30.2 Å². The summed E-state index contributed by atoms with van der Waals surface area (Å²) in [6.07, 6.45) is 1.78. The Kier molecular flexibility index (Phi) is 3.33. The number of rotatable bonds is 4. The van der Waals surface area contributed by atoms with E-state index in [0.717, 1.165) is 23.0 Å². The Balaban J connectivity index is 1.87. The van der Waals surface area contributed by atoms with Gasteiger partial charge in [0.1, 0.15) is 0 Å². The molecule has 0 aliphatic carbocycles. The van der Waals surface area contributed by atoms with Crippen LogP contribution in [-0.4, -0.2) is 21.7 Å². The number of aromatic nitrogens is 3. The van der Waals surface area contributed by atoms with E-state index in [1.807, 2.05) is 30.3 Å². The third kappa shape index (κ3) is 2.61. The molecule has 2 heterocycles. The molecule has 0 atom stereocenters. The Morgan fingerprint density at radius 2 is 2.15 bits per heavy atom. The number of hydrogen-bond acceptors (Lipinski definition) is 5. The van der Waals surface area contributed by atoms with Gasteiger partial charge in [0.25, 0.3) is 0 Å². The zero-order valence-electron chi connectivity index (χ0n) is 11.5. The van der Waals surface area contributed by atoms with E-state index in [-0.39, 0.29) is 0 Å². The molecule has 0 fully saturated rings. The van der Waals surface area contributed by atoms with Crippen LogP contribution < -0.4 is 5.32 Å². The smallest absolute Gasteiger partial charge is 0.321 e. The van der Waals surface area contributed by atoms with Crippen molar-refractivity contribution in [2.24, 2.45) is 5.92 Å². The first-order chi connectivity index (χ1) is 9.72. The fourth-order valence-electron chi connectivity index (χ4n) is 1.92. The molecule has 0 unspecified atom stereocenters. The lowest BCUT2D eigenvalue weighted by Gasteiger charge is -2.02. The highest BCUT2D eigenvalue weighted by Gasteiger charge is 2.09. The highest BCUT2D eigenvalue weighted by Crippen LogP contribution is 2.22. The van der Waals surface area contributed by atoms with E-state index >= 15 is 0 Å². The molecule has 0 radical (unpaired) electrons. The van der Waals surface area contributed by atoms with Gasteiger partial charge in [-0.25, -0.2) is 0 Å². The number of anilines is 1. The second-order valence-electron chi connectivity index (χ2n) is 5.11. The van der Waals surface area contributed by atoms with Gasteiger partial charge in [-0.2, -0.15) is 4.98 Å². The zero-order chi connectivity index (χ0) is 13.9. The molecule has 0 bridgehead atoms. The third-order valence-corrected chi connectivity index (χ3v) is 2.95. The van der Waals surface area contributed by atoms with Crippen molar-refractivity contribution in [3.05, 3.63) is 36.5 Å². The highest BCUT2D eigenvalue weighted by molar-refractivity contribution is 5.83. The third-order valence-electron chi connectivity index (χ3n) is 2.95. The summed E-state index contributed by atoms with van der Waals surface area (Å²) in [6.45, 7) is 5.06. The lowest BCUT2D eigenvalue weighted by molar-refractivity contribution is 0.430. The van der Waals surface area contributed by atoms with Crippen LogP contribution in [-0.2, 0) is 0 Å². The Labute approximate surface area is 117 Å². The van der Waals surface area contributed by atoms with Crippen LogP contribution in [0.15, 0.2) is 41.1 Å². The summed E-state index contributed by atoms with van der Waals surface area (Å²) in [4.78, 5) is 8.64. The number of pyridine rings is 1. The largest absolute Gasteiger partial charge is 0.337 e. The predicted molar refractivity (Wildman–Crippen MR) is 78.4 cm³/mol. The second kappa shape index (κ2) is 5.28. The molecule has 3 aromatic rings. The van der Waals surface area contributed by atoms with Crippen molar-refractivity contribution < 1.29 is 4.52 Å². The van der Waals surface area contributed by atoms with Gasteiger partial charge >= 0.3 is 6.01 Å². The van der Waals surface area contributed by atoms with Crippen molar-refractivity contribution in [3.8, 4) is 11.4 Å². The minimum atomic E-state index is 0.458. The summed E-state index contributed by atoms with van der Waals surface area (Å²) < 4.78 is 5.19. The number of hydrogen-bond donors (Lipinski definition) is 1. The van der Waals surface area contributed by atoms with E-state index in [1.165, 1.54) is 0 Å². The average molecular weight is 268 g/mol. The zero-order valence-corrected chi connectivity index (χ0v) is 11.5. The lowest BCUT2D eigenvalue weighted by atomic mass is 10.1. The standard InChI is InChI=1S/C15H16N4O/c1-10(2)9-17-15-18-14(19-20-15)12-5-6-13-11(8-12)4-3-7-16-13/h3-8,10H,9H2,1-2H3,(H,17,18,19). The fraction of sp³-hybridized carbons (Fsp3) is 0.267. The van der Waals surface area contributed by atoms with Gasteiger partial charge < -0.3 is 9.84 Å². The molecule has 1 aromatic carbocycles.